The minimum absolute atomic E-state index is 0.129. The van der Waals surface area contributed by atoms with Gasteiger partial charge in [-0.1, -0.05) is 51.4 Å². The minimum Gasteiger partial charge on any atom is -0.287 e. The normalized spacial score (nSPS) is 10.6. The van der Waals surface area contributed by atoms with Crippen molar-refractivity contribution < 1.29 is 9.59 Å². The largest absolute Gasteiger partial charge is 0.287 e. The van der Waals surface area contributed by atoms with E-state index in [2.05, 4.69) is 31.9 Å². The van der Waals surface area contributed by atoms with E-state index in [1.165, 1.54) is 51.4 Å². The van der Waals surface area contributed by atoms with Gasteiger partial charge in [0.25, 0.3) is 0 Å². The monoisotopic (exact) mass is 382 g/mol. The van der Waals surface area contributed by atoms with Gasteiger partial charge in [0, 0.05) is 12.8 Å². The third kappa shape index (κ3) is 16.3. The second kappa shape index (κ2) is 13.7. The van der Waals surface area contributed by atoms with Gasteiger partial charge in [0.15, 0.2) is 9.39 Å². The number of carbonyl (C=O) groups is 2. The molecular weight excluding hydrogens is 360 g/mol. The highest BCUT2D eigenvalue weighted by atomic mass is 79.9. The molecule has 0 heterocycles. The molecule has 0 aromatic carbocycles. The Morgan fingerprint density at radius 1 is 0.500 bits per heavy atom. The molecule has 0 spiro atoms. The van der Waals surface area contributed by atoms with Gasteiger partial charge in [-0.05, 0) is 44.7 Å². The minimum atomic E-state index is 0.129. The summed E-state index contributed by atoms with van der Waals surface area (Å²) >= 11 is 5.89. The van der Waals surface area contributed by atoms with Crippen molar-refractivity contribution in [3.8, 4) is 0 Å². The van der Waals surface area contributed by atoms with Crippen molar-refractivity contribution in [1.29, 1.82) is 0 Å². The molecule has 0 unspecified atom stereocenters. The summed E-state index contributed by atoms with van der Waals surface area (Å²) in [5.41, 5.74) is 0. The van der Waals surface area contributed by atoms with Crippen molar-refractivity contribution >= 4 is 41.2 Å². The van der Waals surface area contributed by atoms with E-state index >= 15 is 0 Å². The van der Waals surface area contributed by atoms with Crippen LogP contribution in [0.5, 0.6) is 0 Å². The van der Waals surface area contributed by atoms with Crippen LogP contribution in [0, 0.1) is 0 Å². The fraction of sp³-hybridized carbons (Fsp3) is 0.857. The Labute approximate surface area is 128 Å². The lowest BCUT2D eigenvalue weighted by atomic mass is 10.1. The van der Waals surface area contributed by atoms with Crippen LogP contribution < -0.4 is 0 Å². The Hall–Kier alpha value is 0.300. The first-order valence-corrected chi connectivity index (χ1v) is 8.58. The summed E-state index contributed by atoms with van der Waals surface area (Å²) in [5, 5.41) is 0. The van der Waals surface area contributed by atoms with E-state index in [4.69, 9.17) is 0 Å². The zero-order valence-corrected chi connectivity index (χ0v) is 14.2. The summed E-state index contributed by atoms with van der Waals surface area (Å²) in [7, 11) is 0. The fourth-order valence-corrected chi connectivity index (χ4v) is 2.50. The Bertz CT molecular complexity index is 206. The Kier molecular flexibility index (Phi) is 14.0. The maximum Gasteiger partial charge on any atom is 0.197 e. The molecule has 0 saturated carbocycles. The molecule has 0 aromatic rings. The lowest BCUT2D eigenvalue weighted by Gasteiger charge is -2.01. The van der Waals surface area contributed by atoms with Gasteiger partial charge < -0.3 is 0 Å². The Morgan fingerprint density at radius 2 is 0.722 bits per heavy atom. The average Bonchev–Trinajstić information content (AvgIpc) is 2.29. The first-order valence-electron chi connectivity index (χ1n) is 6.99. The fourth-order valence-electron chi connectivity index (χ4n) is 1.94. The lowest BCUT2D eigenvalue weighted by Crippen LogP contribution is -1.87. The molecule has 2 nitrogen and oxygen atoms in total. The smallest absolute Gasteiger partial charge is 0.197 e. The predicted octanol–water partition coefficient (Wildman–Crippen LogP) is 5.51. The van der Waals surface area contributed by atoms with Crippen molar-refractivity contribution in [2.45, 2.75) is 77.0 Å². The van der Waals surface area contributed by atoms with Gasteiger partial charge >= 0.3 is 0 Å². The van der Waals surface area contributed by atoms with Crippen LogP contribution in [0.15, 0.2) is 0 Å². The van der Waals surface area contributed by atoms with Gasteiger partial charge in [0.05, 0.1) is 0 Å². The van der Waals surface area contributed by atoms with Gasteiger partial charge in [-0.3, -0.25) is 9.59 Å². The molecule has 0 fully saturated rings. The standard InChI is InChI=1S/C14H24Br2O2/c15-13(17)11-9-7-5-3-1-2-4-6-8-10-12-14(16)18/h1-12H2. The summed E-state index contributed by atoms with van der Waals surface area (Å²) in [6.45, 7) is 0. The van der Waals surface area contributed by atoms with Crippen LogP contribution in [0.3, 0.4) is 0 Å². The molecule has 0 amide bonds. The Balaban J connectivity index is 2.99. The van der Waals surface area contributed by atoms with Crippen molar-refractivity contribution in [2.75, 3.05) is 0 Å². The molecule has 0 aliphatic rings. The summed E-state index contributed by atoms with van der Waals surface area (Å²) in [4.78, 5) is 21.3. The molecule has 0 saturated heterocycles. The molecule has 0 aliphatic heterocycles. The zero-order chi connectivity index (χ0) is 13.6. The predicted molar refractivity (Wildman–Crippen MR) is 83.3 cm³/mol. The van der Waals surface area contributed by atoms with Crippen molar-refractivity contribution in [2.24, 2.45) is 0 Å². The first-order chi connectivity index (χ1) is 8.63. The van der Waals surface area contributed by atoms with Gasteiger partial charge in [0.1, 0.15) is 0 Å². The van der Waals surface area contributed by atoms with Crippen LogP contribution in [0.1, 0.15) is 77.0 Å². The van der Waals surface area contributed by atoms with Crippen LogP contribution in [-0.4, -0.2) is 9.39 Å². The van der Waals surface area contributed by atoms with Crippen molar-refractivity contribution in [3.63, 3.8) is 0 Å². The van der Waals surface area contributed by atoms with Gasteiger partial charge in [-0.15, -0.1) is 0 Å². The quantitative estimate of drug-likeness (QED) is 0.310. The molecule has 0 bridgehead atoms. The SMILES string of the molecule is O=C(Br)CCCCCCCCCCCCC(=O)Br. The molecule has 0 aliphatic carbocycles. The second-order valence-electron chi connectivity index (χ2n) is 4.75. The molecular formula is C14H24Br2O2. The average molecular weight is 384 g/mol. The van der Waals surface area contributed by atoms with Crippen molar-refractivity contribution in [1.82, 2.24) is 0 Å². The van der Waals surface area contributed by atoms with Gasteiger partial charge in [-0.25, -0.2) is 0 Å². The van der Waals surface area contributed by atoms with E-state index in [1.54, 1.807) is 0 Å². The number of rotatable bonds is 13. The summed E-state index contributed by atoms with van der Waals surface area (Å²) < 4.78 is 0.258. The number of halogens is 2. The zero-order valence-electron chi connectivity index (χ0n) is 11.1. The molecule has 0 atom stereocenters. The molecule has 0 N–H and O–H groups in total. The van der Waals surface area contributed by atoms with E-state index < -0.39 is 0 Å². The highest BCUT2D eigenvalue weighted by Gasteiger charge is 1.97. The summed E-state index contributed by atoms with van der Waals surface area (Å²) in [6.07, 6.45) is 13.4. The third-order valence-corrected chi connectivity index (χ3v) is 3.79. The van der Waals surface area contributed by atoms with E-state index in [1.807, 2.05) is 0 Å². The molecule has 18 heavy (non-hydrogen) atoms. The number of hydrogen-bond acceptors (Lipinski definition) is 2. The number of hydrogen-bond donors (Lipinski definition) is 0. The molecule has 0 aromatic heterocycles. The van der Waals surface area contributed by atoms with E-state index in [-0.39, 0.29) is 9.39 Å². The van der Waals surface area contributed by atoms with Gasteiger partial charge in [-0.2, -0.15) is 0 Å². The summed E-state index contributed by atoms with van der Waals surface area (Å²) in [5.74, 6) is 0. The van der Waals surface area contributed by atoms with E-state index in [9.17, 15) is 9.59 Å². The number of unbranched alkanes of at least 4 members (excludes halogenated alkanes) is 9. The first kappa shape index (κ1) is 18.3. The number of carbonyl (C=O) groups excluding carboxylic acids is 2. The second-order valence-corrected chi connectivity index (χ2v) is 6.51. The van der Waals surface area contributed by atoms with Crippen LogP contribution in [0.4, 0.5) is 0 Å². The van der Waals surface area contributed by atoms with Crippen molar-refractivity contribution in [3.05, 3.63) is 0 Å². The third-order valence-electron chi connectivity index (χ3n) is 3.00. The molecule has 0 rings (SSSR count). The Morgan fingerprint density at radius 3 is 0.944 bits per heavy atom. The molecule has 4 heteroatoms. The van der Waals surface area contributed by atoms with Crippen LogP contribution in [0.2, 0.25) is 0 Å². The highest BCUT2D eigenvalue weighted by Crippen LogP contribution is 2.12. The van der Waals surface area contributed by atoms with E-state index in [0.717, 1.165) is 12.8 Å². The lowest BCUT2D eigenvalue weighted by molar-refractivity contribution is -0.111. The molecule has 106 valence electrons. The maximum absolute atomic E-state index is 10.6. The summed E-state index contributed by atoms with van der Waals surface area (Å²) in [6, 6.07) is 0. The van der Waals surface area contributed by atoms with Crippen LogP contribution in [0.25, 0.3) is 0 Å². The van der Waals surface area contributed by atoms with Crippen LogP contribution >= 0.6 is 31.9 Å². The highest BCUT2D eigenvalue weighted by molar-refractivity contribution is 9.18. The molecule has 0 radical (unpaired) electrons. The topological polar surface area (TPSA) is 34.1 Å². The van der Waals surface area contributed by atoms with Gasteiger partial charge in [0.2, 0.25) is 0 Å². The van der Waals surface area contributed by atoms with E-state index in [0.29, 0.717) is 12.8 Å². The maximum atomic E-state index is 10.6. The van der Waals surface area contributed by atoms with Crippen LogP contribution in [-0.2, 0) is 9.59 Å².